The second-order valence-corrected chi connectivity index (χ2v) is 7.22. The van der Waals surface area contributed by atoms with Crippen LogP contribution in [-0.2, 0) is 10.2 Å². The second-order valence-electron chi connectivity index (χ2n) is 7.22. The first-order valence-electron chi connectivity index (χ1n) is 8.62. The maximum Gasteiger partial charge on any atom is 0.281 e. The monoisotopic (exact) mass is 354 g/mol. The van der Waals surface area contributed by atoms with Gasteiger partial charge in [0.15, 0.2) is 18.3 Å². The Morgan fingerprint density at radius 1 is 1.19 bits per heavy atom. The van der Waals surface area contributed by atoms with Crippen LogP contribution in [0.1, 0.15) is 43.8 Å². The topological polar surface area (TPSA) is 84.9 Å². The maximum atomic E-state index is 12.3. The SMILES string of the molecule is CC(C)(C)c1cc(NC(=O)C[NH2+][C@H](c2ccccc2)c2ccco2)on1. The molecule has 0 saturated carbocycles. The molecule has 0 saturated heterocycles. The third-order valence-electron chi connectivity index (χ3n) is 4.09. The lowest BCUT2D eigenvalue weighted by Crippen LogP contribution is -2.87. The molecule has 1 aromatic carbocycles. The Bertz CT molecular complexity index is 833. The summed E-state index contributed by atoms with van der Waals surface area (Å²) in [6.07, 6.45) is 1.64. The molecule has 0 aliphatic carbocycles. The molecule has 0 fully saturated rings. The van der Waals surface area contributed by atoms with Gasteiger partial charge in [-0.25, -0.2) is 0 Å². The van der Waals surface area contributed by atoms with Crippen LogP contribution in [0.25, 0.3) is 0 Å². The van der Waals surface area contributed by atoms with Gasteiger partial charge in [0.25, 0.3) is 5.91 Å². The van der Waals surface area contributed by atoms with Crippen LogP contribution in [0, 0.1) is 0 Å². The van der Waals surface area contributed by atoms with E-state index in [0.717, 1.165) is 17.0 Å². The lowest BCUT2D eigenvalue weighted by molar-refractivity contribution is -0.678. The Morgan fingerprint density at radius 3 is 2.58 bits per heavy atom. The zero-order chi connectivity index (χ0) is 18.6. The normalized spacial score (nSPS) is 12.7. The summed E-state index contributed by atoms with van der Waals surface area (Å²) in [6, 6.07) is 15.4. The number of hydrogen-bond donors (Lipinski definition) is 2. The summed E-state index contributed by atoms with van der Waals surface area (Å²) in [4.78, 5) is 12.3. The number of nitrogens with two attached hydrogens (primary N) is 1. The van der Waals surface area contributed by atoms with Gasteiger partial charge in [0, 0.05) is 17.0 Å². The van der Waals surface area contributed by atoms with E-state index in [4.69, 9.17) is 8.94 Å². The van der Waals surface area contributed by atoms with Crippen molar-refractivity contribution in [3.05, 3.63) is 71.8 Å². The van der Waals surface area contributed by atoms with E-state index < -0.39 is 0 Å². The molecule has 0 aliphatic heterocycles. The molecule has 2 heterocycles. The van der Waals surface area contributed by atoms with Crippen LogP contribution < -0.4 is 10.6 Å². The Labute approximate surface area is 152 Å². The number of furan rings is 1. The molecule has 0 unspecified atom stereocenters. The van der Waals surface area contributed by atoms with Crippen LogP contribution in [0.5, 0.6) is 0 Å². The molecule has 0 spiro atoms. The lowest BCUT2D eigenvalue weighted by atomic mass is 9.92. The summed E-state index contributed by atoms with van der Waals surface area (Å²) in [5.74, 6) is 1.01. The Balaban J connectivity index is 1.64. The quantitative estimate of drug-likeness (QED) is 0.713. The maximum absolute atomic E-state index is 12.3. The van der Waals surface area contributed by atoms with Crippen LogP contribution >= 0.6 is 0 Å². The summed E-state index contributed by atoms with van der Waals surface area (Å²) < 4.78 is 10.8. The third-order valence-corrected chi connectivity index (χ3v) is 4.09. The summed E-state index contributed by atoms with van der Waals surface area (Å²) in [5, 5.41) is 8.70. The van der Waals surface area contributed by atoms with Crippen molar-refractivity contribution in [1.82, 2.24) is 5.16 Å². The smallest absolute Gasteiger partial charge is 0.281 e. The van der Waals surface area contributed by atoms with Gasteiger partial charge in [-0.05, 0) is 12.1 Å². The molecular weight excluding hydrogens is 330 g/mol. The van der Waals surface area contributed by atoms with Gasteiger partial charge in [-0.3, -0.25) is 10.1 Å². The van der Waals surface area contributed by atoms with Crippen molar-refractivity contribution < 1.29 is 19.1 Å². The second kappa shape index (κ2) is 7.58. The van der Waals surface area contributed by atoms with Crippen molar-refractivity contribution in [2.45, 2.75) is 32.2 Å². The number of benzene rings is 1. The fourth-order valence-electron chi connectivity index (χ4n) is 2.65. The molecule has 136 valence electrons. The largest absolute Gasteiger partial charge is 0.463 e. The van der Waals surface area contributed by atoms with Gasteiger partial charge in [0.05, 0.1) is 12.0 Å². The zero-order valence-electron chi connectivity index (χ0n) is 15.2. The molecule has 26 heavy (non-hydrogen) atoms. The summed E-state index contributed by atoms with van der Waals surface area (Å²) >= 11 is 0. The van der Waals surface area contributed by atoms with Gasteiger partial charge in [-0.2, -0.15) is 0 Å². The van der Waals surface area contributed by atoms with Crippen LogP contribution in [0.15, 0.2) is 63.7 Å². The van der Waals surface area contributed by atoms with Gasteiger partial charge in [0.2, 0.25) is 5.88 Å². The number of quaternary nitrogens is 1. The molecule has 0 radical (unpaired) electrons. The molecule has 0 bridgehead atoms. The van der Waals surface area contributed by atoms with Gasteiger partial charge in [-0.1, -0.05) is 56.3 Å². The van der Waals surface area contributed by atoms with Crippen molar-refractivity contribution in [2.75, 3.05) is 11.9 Å². The predicted octanol–water partition coefficient (Wildman–Crippen LogP) is 2.86. The minimum Gasteiger partial charge on any atom is -0.463 e. The van der Waals surface area contributed by atoms with E-state index in [-0.39, 0.29) is 23.9 Å². The summed E-state index contributed by atoms with van der Waals surface area (Å²) in [7, 11) is 0. The van der Waals surface area contributed by atoms with E-state index in [1.807, 2.05) is 68.6 Å². The minimum atomic E-state index is -0.158. The van der Waals surface area contributed by atoms with Crippen molar-refractivity contribution in [3.8, 4) is 0 Å². The number of nitrogens with one attached hydrogen (secondary N) is 1. The molecule has 6 nitrogen and oxygen atoms in total. The Hall–Kier alpha value is -2.86. The first kappa shape index (κ1) is 17.9. The highest BCUT2D eigenvalue weighted by Crippen LogP contribution is 2.23. The van der Waals surface area contributed by atoms with Crippen molar-refractivity contribution in [1.29, 1.82) is 0 Å². The Morgan fingerprint density at radius 2 is 1.96 bits per heavy atom. The van der Waals surface area contributed by atoms with Crippen molar-refractivity contribution >= 4 is 11.8 Å². The molecule has 2 aromatic heterocycles. The number of amides is 1. The van der Waals surface area contributed by atoms with Gasteiger partial charge < -0.3 is 14.3 Å². The summed E-state index contributed by atoms with van der Waals surface area (Å²) in [6.45, 7) is 6.35. The van der Waals surface area contributed by atoms with E-state index in [1.165, 1.54) is 0 Å². The summed E-state index contributed by atoms with van der Waals surface area (Å²) in [5.41, 5.74) is 1.75. The highest BCUT2D eigenvalue weighted by Gasteiger charge is 2.23. The molecule has 3 rings (SSSR count). The highest BCUT2D eigenvalue weighted by atomic mass is 16.5. The molecule has 1 amide bonds. The molecular formula is C20H24N3O3+. The fraction of sp³-hybridized carbons (Fsp3) is 0.300. The van der Waals surface area contributed by atoms with Crippen LogP contribution in [-0.4, -0.2) is 17.6 Å². The van der Waals surface area contributed by atoms with Crippen molar-refractivity contribution in [3.63, 3.8) is 0 Å². The lowest BCUT2D eigenvalue weighted by Gasteiger charge is -2.13. The first-order valence-corrected chi connectivity index (χ1v) is 8.62. The number of nitrogens with zero attached hydrogens (tertiary/aromatic N) is 1. The zero-order valence-corrected chi connectivity index (χ0v) is 15.2. The van der Waals surface area contributed by atoms with Crippen LogP contribution in [0.2, 0.25) is 0 Å². The van der Waals surface area contributed by atoms with Gasteiger partial charge >= 0.3 is 0 Å². The minimum absolute atomic E-state index is 0.0863. The van der Waals surface area contributed by atoms with Gasteiger partial charge in [0.1, 0.15) is 0 Å². The van der Waals surface area contributed by atoms with Gasteiger partial charge in [-0.15, -0.1) is 0 Å². The highest BCUT2D eigenvalue weighted by molar-refractivity contribution is 5.90. The van der Waals surface area contributed by atoms with E-state index in [9.17, 15) is 4.79 Å². The molecule has 0 aliphatic rings. The average Bonchev–Trinajstić information content (AvgIpc) is 3.27. The average molecular weight is 354 g/mol. The molecule has 3 N–H and O–H groups in total. The fourth-order valence-corrected chi connectivity index (χ4v) is 2.65. The molecule has 3 aromatic rings. The van der Waals surface area contributed by atoms with E-state index >= 15 is 0 Å². The number of hydrogen-bond acceptors (Lipinski definition) is 4. The third kappa shape index (κ3) is 4.40. The first-order chi connectivity index (χ1) is 12.4. The van der Waals surface area contributed by atoms with E-state index in [0.29, 0.717) is 5.88 Å². The van der Waals surface area contributed by atoms with E-state index in [1.54, 1.807) is 12.3 Å². The van der Waals surface area contributed by atoms with Crippen molar-refractivity contribution in [2.24, 2.45) is 0 Å². The standard InChI is InChI=1S/C20H23N3O3/c1-20(2,3)16-12-18(26-23-16)22-17(24)13-21-19(15-10-7-11-25-15)14-8-5-4-6-9-14/h4-12,19,21H,13H2,1-3H3,(H,22,24)/p+1/t19-/m1/s1. The number of rotatable bonds is 6. The van der Waals surface area contributed by atoms with E-state index in [2.05, 4.69) is 10.5 Å². The molecule has 1 atom stereocenters. The predicted molar refractivity (Wildman–Crippen MR) is 97.6 cm³/mol. The number of carbonyl (C=O) groups is 1. The Kier molecular flexibility index (Phi) is 5.23. The number of carbonyl (C=O) groups excluding carboxylic acids is 1. The van der Waals surface area contributed by atoms with Crippen LogP contribution in [0.3, 0.4) is 0 Å². The molecule has 6 heteroatoms. The number of anilines is 1. The van der Waals surface area contributed by atoms with Crippen LogP contribution in [0.4, 0.5) is 5.88 Å². The number of aromatic nitrogens is 1.